The van der Waals surface area contributed by atoms with Crippen LogP contribution in [0.3, 0.4) is 0 Å². The topological polar surface area (TPSA) is 29.3 Å². The Labute approximate surface area is 101 Å². The number of hydrogen-bond acceptors (Lipinski definition) is 2. The lowest BCUT2D eigenvalue weighted by Gasteiger charge is -2.52. The maximum atomic E-state index is 6.32. The van der Waals surface area contributed by atoms with Crippen molar-refractivity contribution in [1.29, 1.82) is 0 Å². The summed E-state index contributed by atoms with van der Waals surface area (Å²) >= 11 is 0. The Morgan fingerprint density at radius 2 is 1.75 bits per heavy atom. The van der Waals surface area contributed by atoms with Crippen molar-refractivity contribution >= 4 is 0 Å². The zero-order chi connectivity index (χ0) is 11.6. The molecule has 0 spiro atoms. The van der Waals surface area contributed by atoms with Crippen LogP contribution >= 0.6 is 0 Å². The van der Waals surface area contributed by atoms with Crippen molar-refractivity contribution in [3.8, 4) is 0 Å². The first-order valence-electron chi connectivity index (χ1n) is 7.20. The van der Waals surface area contributed by atoms with Gasteiger partial charge in [0.1, 0.15) is 0 Å². The van der Waals surface area contributed by atoms with Crippen molar-refractivity contribution in [1.82, 2.24) is 4.90 Å². The maximum absolute atomic E-state index is 6.32. The van der Waals surface area contributed by atoms with Gasteiger partial charge in [-0.1, -0.05) is 26.7 Å². The van der Waals surface area contributed by atoms with Crippen LogP contribution in [-0.4, -0.2) is 29.6 Å². The minimum atomic E-state index is 0.163. The third kappa shape index (κ3) is 2.60. The minimum Gasteiger partial charge on any atom is -0.323 e. The van der Waals surface area contributed by atoms with Gasteiger partial charge in [0, 0.05) is 24.7 Å². The Bertz CT molecular complexity index is 213. The lowest BCUT2D eigenvalue weighted by atomic mass is 9.79. The summed E-state index contributed by atoms with van der Waals surface area (Å²) in [6.07, 6.45) is 9.54. The van der Waals surface area contributed by atoms with Crippen molar-refractivity contribution in [2.45, 2.75) is 70.4 Å². The Hall–Kier alpha value is -0.0800. The standard InChI is InChI=1S/C14H28N2/c1-3-9-14(15)10-16(11-14)13-7-5-12(4-2)6-8-13/h12-13H,3-11,15H2,1-2H3. The summed E-state index contributed by atoms with van der Waals surface area (Å²) in [7, 11) is 0. The average molecular weight is 224 g/mol. The summed E-state index contributed by atoms with van der Waals surface area (Å²) in [6, 6.07) is 0.858. The van der Waals surface area contributed by atoms with Gasteiger partial charge in [0.25, 0.3) is 0 Å². The highest BCUT2D eigenvalue weighted by Gasteiger charge is 2.42. The van der Waals surface area contributed by atoms with Crippen LogP contribution in [0.5, 0.6) is 0 Å². The summed E-state index contributed by atoms with van der Waals surface area (Å²) in [4.78, 5) is 2.64. The Morgan fingerprint density at radius 1 is 1.12 bits per heavy atom. The van der Waals surface area contributed by atoms with Crippen LogP contribution in [-0.2, 0) is 0 Å². The van der Waals surface area contributed by atoms with E-state index in [1.807, 2.05) is 0 Å². The van der Waals surface area contributed by atoms with Crippen molar-refractivity contribution in [2.75, 3.05) is 13.1 Å². The predicted molar refractivity (Wildman–Crippen MR) is 69.4 cm³/mol. The van der Waals surface area contributed by atoms with Crippen LogP contribution in [0, 0.1) is 5.92 Å². The maximum Gasteiger partial charge on any atom is 0.0412 e. The van der Waals surface area contributed by atoms with E-state index in [9.17, 15) is 0 Å². The van der Waals surface area contributed by atoms with E-state index in [-0.39, 0.29) is 5.54 Å². The Balaban J connectivity index is 1.72. The number of rotatable bonds is 4. The molecule has 1 heterocycles. The first kappa shape index (κ1) is 12.4. The quantitative estimate of drug-likeness (QED) is 0.795. The summed E-state index contributed by atoms with van der Waals surface area (Å²) < 4.78 is 0. The third-order valence-electron chi connectivity index (χ3n) is 4.69. The predicted octanol–water partition coefficient (Wildman–Crippen LogP) is 2.77. The van der Waals surface area contributed by atoms with Crippen LogP contribution in [0.25, 0.3) is 0 Å². The van der Waals surface area contributed by atoms with Gasteiger partial charge >= 0.3 is 0 Å². The van der Waals surface area contributed by atoms with E-state index in [4.69, 9.17) is 5.73 Å². The third-order valence-corrected chi connectivity index (χ3v) is 4.69. The Morgan fingerprint density at radius 3 is 2.25 bits per heavy atom. The van der Waals surface area contributed by atoms with Crippen LogP contribution in [0.15, 0.2) is 0 Å². The van der Waals surface area contributed by atoms with E-state index in [0.717, 1.165) is 25.0 Å². The molecule has 2 nitrogen and oxygen atoms in total. The molecule has 0 aromatic carbocycles. The van der Waals surface area contributed by atoms with E-state index in [2.05, 4.69) is 18.7 Å². The van der Waals surface area contributed by atoms with Gasteiger partial charge in [0.15, 0.2) is 0 Å². The fraction of sp³-hybridized carbons (Fsp3) is 1.00. The monoisotopic (exact) mass is 224 g/mol. The molecule has 0 unspecified atom stereocenters. The summed E-state index contributed by atoms with van der Waals surface area (Å²) in [5.74, 6) is 1.01. The molecule has 0 bridgehead atoms. The molecule has 1 aliphatic carbocycles. The number of nitrogens with two attached hydrogens (primary N) is 1. The molecule has 0 amide bonds. The van der Waals surface area contributed by atoms with Crippen molar-refractivity contribution in [3.05, 3.63) is 0 Å². The fourth-order valence-electron chi connectivity index (χ4n) is 3.60. The van der Waals surface area contributed by atoms with Gasteiger partial charge in [-0.25, -0.2) is 0 Å². The second-order valence-corrected chi connectivity index (χ2v) is 6.10. The van der Waals surface area contributed by atoms with Gasteiger partial charge in [0.2, 0.25) is 0 Å². The molecule has 2 fully saturated rings. The summed E-state index contributed by atoms with van der Waals surface area (Å²) in [6.45, 7) is 6.88. The molecule has 2 aliphatic rings. The van der Waals surface area contributed by atoms with Crippen molar-refractivity contribution < 1.29 is 0 Å². The van der Waals surface area contributed by atoms with Crippen LogP contribution in [0.2, 0.25) is 0 Å². The van der Waals surface area contributed by atoms with Gasteiger partial charge in [-0.3, -0.25) is 4.90 Å². The highest BCUT2D eigenvalue weighted by molar-refractivity contribution is 5.02. The van der Waals surface area contributed by atoms with E-state index in [1.165, 1.54) is 44.9 Å². The molecule has 2 N–H and O–H groups in total. The van der Waals surface area contributed by atoms with E-state index in [1.54, 1.807) is 0 Å². The first-order chi connectivity index (χ1) is 7.67. The molecule has 0 aromatic rings. The molecule has 2 rings (SSSR count). The van der Waals surface area contributed by atoms with Gasteiger partial charge in [0.05, 0.1) is 0 Å². The van der Waals surface area contributed by atoms with Gasteiger partial charge in [-0.15, -0.1) is 0 Å². The zero-order valence-corrected chi connectivity index (χ0v) is 11.0. The number of hydrogen-bond donors (Lipinski definition) is 1. The lowest BCUT2D eigenvalue weighted by Crippen LogP contribution is -2.69. The van der Waals surface area contributed by atoms with Crippen molar-refractivity contribution in [2.24, 2.45) is 11.7 Å². The van der Waals surface area contributed by atoms with Gasteiger partial charge in [-0.2, -0.15) is 0 Å². The molecule has 0 atom stereocenters. The largest absolute Gasteiger partial charge is 0.323 e. The number of likely N-dealkylation sites (tertiary alicyclic amines) is 1. The highest BCUT2D eigenvalue weighted by Crippen LogP contribution is 2.34. The van der Waals surface area contributed by atoms with E-state index in [0.29, 0.717) is 0 Å². The van der Waals surface area contributed by atoms with Crippen LogP contribution < -0.4 is 5.73 Å². The summed E-state index contributed by atoms with van der Waals surface area (Å²) in [5, 5.41) is 0. The van der Waals surface area contributed by atoms with Crippen LogP contribution in [0.1, 0.15) is 58.8 Å². The van der Waals surface area contributed by atoms with Gasteiger partial charge in [-0.05, 0) is 38.0 Å². The molecule has 0 radical (unpaired) electrons. The highest BCUT2D eigenvalue weighted by atomic mass is 15.3. The molecule has 0 aromatic heterocycles. The van der Waals surface area contributed by atoms with E-state index < -0.39 is 0 Å². The zero-order valence-electron chi connectivity index (χ0n) is 11.0. The molecule has 1 saturated heterocycles. The fourth-order valence-corrected chi connectivity index (χ4v) is 3.60. The summed E-state index contributed by atoms with van der Waals surface area (Å²) in [5.41, 5.74) is 6.49. The molecule has 2 heteroatoms. The van der Waals surface area contributed by atoms with Crippen LogP contribution in [0.4, 0.5) is 0 Å². The molecule has 1 aliphatic heterocycles. The molecule has 16 heavy (non-hydrogen) atoms. The SMILES string of the molecule is CCCC1(N)CN(C2CCC(CC)CC2)C1. The minimum absolute atomic E-state index is 0.163. The second kappa shape index (κ2) is 5.05. The molecular formula is C14H28N2. The average Bonchev–Trinajstić information content (AvgIpc) is 2.26. The normalized spacial score (nSPS) is 34.7. The van der Waals surface area contributed by atoms with Crippen molar-refractivity contribution in [3.63, 3.8) is 0 Å². The molecule has 1 saturated carbocycles. The second-order valence-electron chi connectivity index (χ2n) is 6.10. The first-order valence-corrected chi connectivity index (χ1v) is 7.20. The molecule has 94 valence electrons. The smallest absolute Gasteiger partial charge is 0.0412 e. The van der Waals surface area contributed by atoms with E-state index >= 15 is 0 Å². The lowest BCUT2D eigenvalue weighted by molar-refractivity contribution is 0.00392. The Kier molecular flexibility index (Phi) is 3.91. The van der Waals surface area contributed by atoms with Gasteiger partial charge < -0.3 is 5.73 Å². The molecular weight excluding hydrogens is 196 g/mol. The number of nitrogens with zero attached hydrogens (tertiary/aromatic N) is 1.